The van der Waals surface area contributed by atoms with Crippen molar-refractivity contribution in [3.8, 4) is 0 Å². The number of fused-ring (bicyclic) bond motifs is 1. The number of likely N-dealkylation sites (N-methyl/N-ethyl adjacent to an activating group) is 1. The number of aromatic nitrogens is 2. The van der Waals surface area contributed by atoms with Gasteiger partial charge in [-0.2, -0.15) is 13.2 Å². The zero-order valence-corrected chi connectivity index (χ0v) is 30.1. The van der Waals surface area contributed by atoms with Crippen LogP contribution in [0.5, 0.6) is 0 Å². The van der Waals surface area contributed by atoms with E-state index < -0.39 is 17.6 Å². The second-order valence-electron chi connectivity index (χ2n) is 11.4. The fraction of sp³-hybridized carbons (Fsp3) is 0.447. The minimum absolute atomic E-state index is 0.0846. The van der Waals surface area contributed by atoms with Gasteiger partial charge in [-0.1, -0.05) is 59.8 Å². The van der Waals surface area contributed by atoms with Crippen LogP contribution in [-0.4, -0.2) is 65.0 Å². The number of piperazine rings is 1. The predicted octanol–water partition coefficient (Wildman–Crippen LogP) is 7.62. The van der Waals surface area contributed by atoms with Gasteiger partial charge in [0.25, 0.3) is 11.5 Å². The third-order valence-electron chi connectivity index (χ3n) is 8.62. The highest BCUT2D eigenvalue weighted by Crippen LogP contribution is 2.34. The van der Waals surface area contributed by atoms with Gasteiger partial charge in [0.2, 0.25) is 0 Å². The molecule has 0 unspecified atom stereocenters. The number of benzene rings is 1. The van der Waals surface area contributed by atoms with Crippen molar-refractivity contribution < 1.29 is 18.0 Å². The smallest absolute Gasteiger partial charge is 0.373 e. The first-order valence-corrected chi connectivity index (χ1v) is 17.3. The molecule has 0 saturated carbocycles. The van der Waals surface area contributed by atoms with E-state index in [9.17, 15) is 22.8 Å². The topological polar surface area (TPSA) is 82.5 Å². The summed E-state index contributed by atoms with van der Waals surface area (Å²) >= 11 is 0. The first kappa shape index (κ1) is 39.2. The maximum atomic E-state index is 14.2. The van der Waals surface area contributed by atoms with E-state index in [0.717, 1.165) is 42.2 Å². The van der Waals surface area contributed by atoms with Crippen LogP contribution < -0.4 is 16.2 Å². The second kappa shape index (κ2) is 18.0. The zero-order valence-electron chi connectivity index (χ0n) is 30.1. The number of hydrogen-bond acceptors (Lipinski definition) is 6. The van der Waals surface area contributed by atoms with Crippen LogP contribution in [0.4, 0.5) is 19.0 Å². The van der Waals surface area contributed by atoms with E-state index in [0.29, 0.717) is 48.6 Å². The Hall–Kier alpha value is -4.22. The lowest BCUT2D eigenvalue weighted by atomic mass is 9.95. The molecule has 5 rings (SSSR count). The zero-order chi connectivity index (χ0) is 36.3. The Bertz CT molecular complexity index is 1750. The van der Waals surface area contributed by atoms with Crippen molar-refractivity contribution in [1.29, 1.82) is 0 Å². The Labute approximate surface area is 288 Å². The summed E-state index contributed by atoms with van der Waals surface area (Å²) in [5.41, 5.74) is 2.20. The molecule has 0 bridgehead atoms. The first-order valence-electron chi connectivity index (χ1n) is 17.3. The summed E-state index contributed by atoms with van der Waals surface area (Å²) in [5.74, 6) is -0.0156. The molecule has 0 atom stereocenters. The summed E-state index contributed by atoms with van der Waals surface area (Å²) in [6, 6.07) is 7.40. The highest BCUT2D eigenvalue weighted by atomic mass is 19.4. The van der Waals surface area contributed by atoms with Gasteiger partial charge in [0.15, 0.2) is 0 Å². The lowest BCUT2D eigenvalue weighted by molar-refractivity contribution is -0.138. The van der Waals surface area contributed by atoms with Crippen molar-refractivity contribution in [3.63, 3.8) is 0 Å². The van der Waals surface area contributed by atoms with E-state index >= 15 is 0 Å². The first-order chi connectivity index (χ1) is 23.5. The maximum absolute atomic E-state index is 14.2. The number of pyridine rings is 2. The van der Waals surface area contributed by atoms with Gasteiger partial charge < -0.3 is 20.1 Å². The van der Waals surface area contributed by atoms with Crippen molar-refractivity contribution in [2.75, 3.05) is 45.1 Å². The van der Waals surface area contributed by atoms with Crippen LogP contribution in [-0.2, 0) is 19.8 Å². The van der Waals surface area contributed by atoms with E-state index in [1.165, 1.54) is 12.1 Å². The van der Waals surface area contributed by atoms with Crippen LogP contribution in [0.2, 0.25) is 0 Å². The van der Waals surface area contributed by atoms with Crippen LogP contribution in [0, 0.1) is 0 Å². The van der Waals surface area contributed by atoms with Crippen LogP contribution in [0.3, 0.4) is 0 Å². The third-order valence-corrected chi connectivity index (χ3v) is 8.62. The molecule has 0 radical (unpaired) electrons. The summed E-state index contributed by atoms with van der Waals surface area (Å²) in [6.45, 7) is 16.2. The average Bonchev–Trinajstić information content (AvgIpc) is 3.33. The molecule has 2 N–H and O–H groups in total. The Morgan fingerprint density at radius 1 is 0.959 bits per heavy atom. The Balaban J connectivity index is 0.00000157. The predicted molar refractivity (Wildman–Crippen MR) is 195 cm³/mol. The van der Waals surface area contributed by atoms with Crippen LogP contribution in [0.25, 0.3) is 16.5 Å². The number of rotatable bonds is 8. The number of carbonyl (C=O) groups excluding carboxylic acids is 1. The van der Waals surface area contributed by atoms with Gasteiger partial charge in [-0.15, -0.1) is 0 Å². The second-order valence-corrected chi connectivity index (χ2v) is 11.4. The molecule has 0 spiro atoms. The monoisotopic (exact) mass is 680 g/mol. The number of amides is 1. The molecule has 1 aliphatic heterocycles. The Morgan fingerprint density at radius 3 is 2.24 bits per heavy atom. The molecule has 266 valence electrons. The van der Waals surface area contributed by atoms with E-state index in [1.807, 2.05) is 45.6 Å². The lowest BCUT2D eigenvalue weighted by Gasteiger charge is -2.34. The number of nitrogens with one attached hydrogen (secondary N) is 2. The molecule has 11 heteroatoms. The van der Waals surface area contributed by atoms with Crippen molar-refractivity contribution >= 4 is 28.2 Å². The number of aryl methyl sites for hydroxylation is 1. The quantitative estimate of drug-likeness (QED) is 0.255. The average molecular weight is 681 g/mol. The molecule has 1 aromatic carbocycles. The van der Waals surface area contributed by atoms with E-state index in [2.05, 4.69) is 27.4 Å². The SMILES string of the molecule is CC.CC.CCC1=CCC=C(NC(=O)c2ccc(CN3CCN(CC)CC3)c(C(F)(F)F)c2)C=C1c1cc2cnc(NC)cc2n(C)c1=O. The van der Waals surface area contributed by atoms with Crippen LogP contribution in [0.15, 0.2) is 70.8 Å². The summed E-state index contributed by atoms with van der Waals surface area (Å²) < 4.78 is 44.1. The van der Waals surface area contributed by atoms with E-state index in [4.69, 9.17) is 0 Å². The van der Waals surface area contributed by atoms with Crippen molar-refractivity contribution in [1.82, 2.24) is 24.7 Å². The molecule has 1 fully saturated rings. The lowest BCUT2D eigenvalue weighted by Crippen LogP contribution is -2.45. The number of carbonyl (C=O) groups is 1. The van der Waals surface area contributed by atoms with Crippen LogP contribution in [0.1, 0.15) is 81.4 Å². The summed E-state index contributed by atoms with van der Waals surface area (Å²) in [5, 5.41) is 6.55. The van der Waals surface area contributed by atoms with Crippen molar-refractivity contribution in [2.24, 2.45) is 7.05 Å². The van der Waals surface area contributed by atoms with Gasteiger partial charge in [-0.25, -0.2) is 4.98 Å². The number of alkyl halides is 3. The molecule has 3 heterocycles. The number of anilines is 1. The van der Waals surface area contributed by atoms with Crippen molar-refractivity contribution in [3.05, 3.63) is 98.6 Å². The summed E-state index contributed by atoms with van der Waals surface area (Å²) in [7, 11) is 3.46. The molecule has 3 aromatic rings. The molecule has 1 amide bonds. The van der Waals surface area contributed by atoms with Gasteiger partial charge in [0.05, 0.1) is 11.1 Å². The van der Waals surface area contributed by atoms with Gasteiger partial charge >= 0.3 is 6.18 Å². The molecular weight excluding hydrogens is 629 g/mol. The highest BCUT2D eigenvalue weighted by Gasteiger charge is 2.35. The van der Waals surface area contributed by atoms with E-state index in [-0.39, 0.29) is 23.2 Å². The number of nitrogens with zero attached hydrogens (tertiary/aromatic N) is 4. The molecular formula is C38H51F3N6O2. The minimum Gasteiger partial charge on any atom is -0.373 e. The molecule has 2 aliphatic rings. The fourth-order valence-corrected chi connectivity index (χ4v) is 5.94. The minimum atomic E-state index is -4.61. The van der Waals surface area contributed by atoms with Gasteiger partial charge in [0, 0.05) is 81.3 Å². The maximum Gasteiger partial charge on any atom is 0.416 e. The summed E-state index contributed by atoms with van der Waals surface area (Å²) in [6.07, 6.45) is 3.73. The molecule has 2 aromatic heterocycles. The third kappa shape index (κ3) is 9.48. The van der Waals surface area contributed by atoms with Crippen LogP contribution >= 0.6 is 0 Å². The number of allylic oxidation sites excluding steroid dienone is 5. The Morgan fingerprint density at radius 2 is 1.63 bits per heavy atom. The molecule has 49 heavy (non-hydrogen) atoms. The van der Waals surface area contributed by atoms with Gasteiger partial charge in [-0.3, -0.25) is 14.5 Å². The normalized spacial score (nSPS) is 15.4. The molecule has 1 aliphatic carbocycles. The van der Waals surface area contributed by atoms with E-state index in [1.54, 1.807) is 49.1 Å². The van der Waals surface area contributed by atoms with Gasteiger partial charge in [-0.05, 0) is 60.4 Å². The summed E-state index contributed by atoms with van der Waals surface area (Å²) in [4.78, 5) is 35.6. The fourth-order valence-electron chi connectivity index (χ4n) is 5.94. The molecule has 8 nitrogen and oxygen atoms in total. The van der Waals surface area contributed by atoms with Crippen molar-refractivity contribution in [2.45, 2.75) is 67.1 Å². The largest absolute Gasteiger partial charge is 0.416 e. The van der Waals surface area contributed by atoms with Gasteiger partial charge in [0.1, 0.15) is 5.82 Å². The number of hydrogen-bond donors (Lipinski definition) is 2. The number of halogens is 3. The molecule has 1 saturated heterocycles. The standard InChI is InChI=1S/C34H39F3N6O2.2C2H6/c1-5-22-8-7-9-26(18-27(22)28-16-25-20-39-31(38-3)19-30(25)41(4)33(28)45)40-32(44)23-10-11-24(29(17-23)34(35,36)37)21-43-14-12-42(6-2)13-15-43;2*1-2/h8-11,16-20H,5-7,12-15,21H2,1-4H3,(H,38,39)(H,40,44);2*1-2H3. The highest BCUT2D eigenvalue weighted by molar-refractivity contribution is 5.96. The Kier molecular flexibility index (Phi) is 14.4.